The second kappa shape index (κ2) is 4.56. The van der Waals surface area contributed by atoms with Crippen LogP contribution < -0.4 is 0 Å². The molecule has 0 aromatic rings. The first-order chi connectivity index (χ1) is 8.40. The van der Waals surface area contributed by atoms with E-state index in [1.807, 2.05) is 0 Å². The van der Waals surface area contributed by atoms with E-state index in [9.17, 15) is 10.2 Å². The Kier molecular flexibility index (Phi) is 3.52. The second-order valence-electron chi connectivity index (χ2n) is 5.04. The minimum atomic E-state index is -1.30. The quantitative estimate of drug-likeness (QED) is 0.681. The highest BCUT2D eigenvalue weighted by Crippen LogP contribution is 2.44. The van der Waals surface area contributed by atoms with Gasteiger partial charge in [-0.2, -0.15) is 0 Å². The smallest absolute Gasteiger partial charge is 0.190 e. The van der Waals surface area contributed by atoms with Crippen molar-refractivity contribution in [2.24, 2.45) is 0 Å². The summed E-state index contributed by atoms with van der Waals surface area (Å²) in [5, 5.41) is 19.6. The van der Waals surface area contributed by atoms with Gasteiger partial charge in [-0.05, 0) is 13.8 Å². The SMILES string of the molecule is C=C[C@@H](O)[C@@]1(CO)O[C@@H]2OC(C)(C)O[C@@H]2[C@@H]1OC. The average molecular weight is 260 g/mol. The number of aliphatic hydroxyl groups is 2. The Morgan fingerprint density at radius 2 is 2.06 bits per heavy atom. The van der Waals surface area contributed by atoms with E-state index in [0.717, 1.165) is 0 Å². The lowest BCUT2D eigenvalue weighted by Gasteiger charge is -2.36. The molecule has 0 aromatic heterocycles. The van der Waals surface area contributed by atoms with Gasteiger partial charge in [0, 0.05) is 7.11 Å². The van der Waals surface area contributed by atoms with Gasteiger partial charge in [0.05, 0.1) is 6.61 Å². The summed E-state index contributed by atoms with van der Waals surface area (Å²) < 4.78 is 22.3. The van der Waals surface area contributed by atoms with E-state index in [0.29, 0.717) is 0 Å². The number of hydrogen-bond donors (Lipinski definition) is 2. The van der Waals surface area contributed by atoms with Crippen LogP contribution in [0.2, 0.25) is 0 Å². The fourth-order valence-corrected chi connectivity index (χ4v) is 2.61. The van der Waals surface area contributed by atoms with E-state index in [4.69, 9.17) is 18.9 Å². The summed E-state index contributed by atoms with van der Waals surface area (Å²) in [4.78, 5) is 0. The molecule has 5 atom stereocenters. The zero-order chi connectivity index (χ0) is 13.6. The van der Waals surface area contributed by atoms with Gasteiger partial charge in [0.25, 0.3) is 0 Å². The lowest BCUT2D eigenvalue weighted by atomic mass is 9.90. The molecule has 2 rings (SSSR count). The van der Waals surface area contributed by atoms with Gasteiger partial charge in [0.15, 0.2) is 17.7 Å². The zero-order valence-electron chi connectivity index (χ0n) is 10.8. The van der Waals surface area contributed by atoms with Crippen LogP contribution in [-0.2, 0) is 18.9 Å². The molecule has 2 heterocycles. The molecule has 2 aliphatic rings. The molecule has 104 valence electrons. The lowest BCUT2D eigenvalue weighted by Crippen LogP contribution is -2.56. The van der Waals surface area contributed by atoms with Gasteiger partial charge in [-0.15, -0.1) is 6.58 Å². The third kappa shape index (κ3) is 1.89. The average Bonchev–Trinajstić information content (AvgIpc) is 2.76. The minimum absolute atomic E-state index is 0.418. The van der Waals surface area contributed by atoms with Crippen molar-refractivity contribution in [2.75, 3.05) is 13.7 Å². The highest BCUT2D eigenvalue weighted by molar-refractivity contribution is 5.11. The second-order valence-corrected chi connectivity index (χ2v) is 5.04. The van der Waals surface area contributed by atoms with Crippen molar-refractivity contribution in [1.82, 2.24) is 0 Å². The lowest BCUT2D eigenvalue weighted by molar-refractivity contribution is -0.263. The molecule has 2 aliphatic heterocycles. The summed E-state index contributed by atoms with van der Waals surface area (Å²) in [7, 11) is 1.48. The molecule has 6 nitrogen and oxygen atoms in total. The van der Waals surface area contributed by atoms with Crippen molar-refractivity contribution < 1.29 is 29.2 Å². The predicted molar refractivity (Wildman–Crippen MR) is 61.7 cm³/mol. The highest BCUT2D eigenvalue weighted by Gasteiger charge is 2.64. The van der Waals surface area contributed by atoms with Crippen LogP contribution in [-0.4, -0.2) is 59.9 Å². The van der Waals surface area contributed by atoms with E-state index in [-0.39, 0.29) is 0 Å². The van der Waals surface area contributed by atoms with E-state index >= 15 is 0 Å². The van der Waals surface area contributed by atoms with Crippen molar-refractivity contribution in [2.45, 2.75) is 49.8 Å². The van der Waals surface area contributed by atoms with Crippen LogP contribution in [0.25, 0.3) is 0 Å². The number of rotatable bonds is 4. The molecule has 0 unspecified atom stereocenters. The monoisotopic (exact) mass is 260 g/mol. The maximum atomic E-state index is 10.0. The molecule has 6 heteroatoms. The third-order valence-electron chi connectivity index (χ3n) is 3.43. The predicted octanol–water partition coefficient (Wildman–Crippen LogP) is -0.213. The molecule has 0 saturated carbocycles. The molecule has 0 amide bonds. The van der Waals surface area contributed by atoms with Crippen LogP contribution in [0.3, 0.4) is 0 Å². The van der Waals surface area contributed by atoms with Gasteiger partial charge in [0.1, 0.15) is 18.3 Å². The van der Waals surface area contributed by atoms with Crippen LogP contribution >= 0.6 is 0 Å². The summed E-state index contributed by atoms with van der Waals surface area (Å²) in [6, 6.07) is 0. The van der Waals surface area contributed by atoms with Crippen molar-refractivity contribution in [1.29, 1.82) is 0 Å². The van der Waals surface area contributed by atoms with Gasteiger partial charge in [0.2, 0.25) is 0 Å². The molecule has 0 spiro atoms. The third-order valence-corrected chi connectivity index (χ3v) is 3.43. The normalized spacial score (nSPS) is 43.7. The Morgan fingerprint density at radius 3 is 2.56 bits per heavy atom. The number of aliphatic hydroxyl groups excluding tert-OH is 2. The van der Waals surface area contributed by atoms with Gasteiger partial charge in [-0.3, -0.25) is 0 Å². The maximum Gasteiger partial charge on any atom is 0.190 e. The number of fused-ring (bicyclic) bond motifs is 1. The largest absolute Gasteiger partial charge is 0.393 e. The Balaban J connectivity index is 2.29. The standard InChI is InChI=1S/C12H20O6/c1-5-7(14)12(6-13)9(15-4)8-10(18-12)17-11(2,3)16-8/h5,7-10,13-14H,1,6H2,2-4H3/t7-,8-,9+,10+,12-/m1/s1. The van der Waals surface area contributed by atoms with Crippen LogP contribution in [0, 0.1) is 0 Å². The first-order valence-electron chi connectivity index (χ1n) is 5.88. The molecule has 2 saturated heterocycles. The van der Waals surface area contributed by atoms with E-state index in [2.05, 4.69) is 6.58 Å². The van der Waals surface area contributed by atoms with Crippen LogP contribution in [0.4, 0.5) is 0 Å². The van der Waals surface area contributed by atoms with Crippen molar-refractivity contribution in [3.05, 3.63) is 12.7 Å². The highest BCUT2D eigenvalue weighted by atomic mass is 16.8. The number of ether oxygens (including phenoxy) is 4. The Bertz CT molecular complexity index is 331. The summed E-state index contributed by atoms with van der Waals surface area (Å²) in [6.45, 7) is 6.63. The molecule has 0 aromatic carbocycles. The molecule has 0 radical (unpaired) electrons. The fourth-order valence-electron chi connectivity index (χ4n) is 2.61. The van der Waals surface area contributed by atoms with Crippen molar-refractivity contribution in [3.8, 4) is 0 Å². The topological polar surface area (TPSA) is 77.4 Å². The van der Waals surface area contributed by atoms with E-state index in [1.165, 1.54) is 13.2 Å². The summed E-state index contributed by atoms with van der Waals surface area (Å²) in [5.74, 6) is -0.771. The minimum Gasteiger partial charge on any atom is -0.393 e. The van der Waals surface area contributed by atoms with Crippen molar-refractivity contribution >= 4 is 0 Å². The van der Waals surface area contributed by atoms with Crippen LogP contribution in [0.15, 0.2) is 12.7 Å². The van der Waals surface area contributed by atoms with Gasteiger partial charge in [-0.25, -0.2) is 0 Å². The molecule has 2 fully saturated rings. The summed E-state index contributed by atoms with van der Waals surface area (Å²) in [6.07, 6.45) is -1.58. The Labute approximate surface area is 106 Å². The molecular weight excluding hydrogens is 240 g/mol. The molecule has 0 aliphatic carbocycles. The van der Waals surface area contributed by atoms with Gasteiger partial charge in [-0.1, -0.05) is 6.08 Å². The molecule has 2 N–H and O–H groups in total. The Morgan fingerprint density at radius 1 is 1.39 bits per heavy atom. The van der Waals surface area contributed by atoms with Crippen LogP contribution in [0.1, 0.15) is 13.8 Å². The fraction of sp³-hybridized carbons (Fsp3) is 0.833. The van der Waals surface area contributed by atoms with Crippen LogP contribution in [0.5, 0.6) is 0 Å². The molecule has 18 heavy (non-hydrogen) atoms. The van der Waals surface area contributed by atoms with Crippen molar-refractivity contribution in [3.63, 3.8) is 0 Å². The summed E-state index contributed by atoms with van der Waals surface area (Å²) >= 11 is 0. The molecular formula is C12H20O6. The Hall–Kier alpha value is -0.500. The number of methoxy groups -OCH3 is 1. The zero-order valence-corrected chi connectivity index (χ0v) is 10.8. The van der Waals surface area contributed by atoms with Gasteiger partial charge < -0.3 is 29.2 Å². The maximum absolute atomic E-state index is 10.0. The first kappa shape index (κ1) is 13.9. The molecule has 0 bridgehead atoms. The van der Waals surface area contributed by atoms with E-state index < -0.39 is 42.6 Å². The number of hydrogen-bond acceptors (Lipinski definition) is 6. The van der Waals surface area contributed by atoms with E-state index in [1.54, 1.807) is 13.8 Å². The first-order valence-corrected chi connectivity index (χ1v) is 5.88. The van der Waals surface area contributed by atoms with Gasteiger partial charge >= 0.3 is 0 Å². The summed E-state index contributed by atoms with van der Waals surface area (Å²) in [5.41, 5.74) is -1.30.